The monoisotopic (exact) mass is 423 g/mol. The van der Waals surface area contributed by atoms with Crippen LogP contribution in [-0.4, -0.2) is 18.4 Å². The lowest BCUT2D eigenvalue weighted by Gasteiger charge is -2.09. The summed E-state index contributed by atoms with van der Waals surface area (Å²) in [7, 11) is 0. The third-order valence-electron chi connectivity index (χ3n) is 4.20. The van der Waals surface area contributed by atoms with E-state index < -0.39 is 47.2 Å². The van der Waals surface area contributed by atoms with Gasteiger partial charge < -0.3 is 10.1 Å². The van der Waals surface area contributed by atoms with Gasteiger partial charge in [-0.05, 0) is 18.8 Å². The molecule has 0 aliphatic carbocycles. The third kappa shape index (κ3) is 8.37. The summed E-state index contributed by atoms with van der Waals surface area (Å²) in [5.41, 5.74) is 0. The molecule has 0 unspecified atom stereocenters. The number of hydrogen-bond acceptors (Lipinski definition) is 3. The molecular formula is C20H26F5NO3. The lowest BCUT2D eigenvalue weighted by molar-refractivity contribution is -0.135. The largest absolute Gasteiger partial charge is 0.420 e. The Morgan fingerprint density at radius 3 is 1.93 bits per heavy atom. The number of nitrogens with one attached hydrogen (secondary N) is 1. The van der Waals surface area contributed by atoms with E-state index in [1.54, 1.807) is 0 Å². The number of hydrogen-bond donors (Lipinski definition) is 1. The van der Waals surface area contributed by atoms with Gasteiger partial charge in [-0.15, -0.1) is 0 Å². The molecule has 0 aliphatic rings. The zero-order chi connectivity index (χ0) is 22.0. The Morgan fingerprint density at radius 2 is 1.34 bits per heavy atom. The van der Waals surface area contributed by atoms with Crippen LogP contribution in [0.15, 0.2) is 0 Å². The van der Waals surface area contributed by atoms with E-state index >= 15 is 0 Å². The third-order valence-corrected chi connectivity index (χ3v) is 4.20. The molecule has 1 N–H and O–H groups in total. The topological polar surface area (TPSA) is 55.4 Å². The minimum atomic E-state index is -2.34. The highest BCUT2D eigenvalue weighted by Crippen LogP contribution is 2.29. The van der Waals surface area contributed by atoms with Gasteiger partial charge in [-0.3, -0.25) is 9.59 Å². The maximum atomic E-state index is 13.4. The van der Waals surface area contributed by atoms with Gasteiger partial charge in [-0.25, -0.2) is 13.2 Å². The second-order valence-electron chi connectivity index (χ2n) is 7.17. The molecule has 0 spiro atoms. The van der Waals surface area contributed by atoms with Crippen molar-refractivity contribution in [3.05, 3.63) is 29.1 Å². The number of benzene rings is 1. The van der Waals surface area contributed by atoms with Gasteiger partial charge in [-0.2, -0.15) is 8.78 Å². The Kier molecular flexibility index (Phi) is 10.6. The quantitative estimate of drug-likeness (QED) is 0.126. The standard InChI is InChI=1S/C20H26F5NO3/c1-12(2)8-5-3-4-6-11-26-13(27)9-7-10-14(28)29-20-18(24)16(22)15(21)17(23)19(20)25/h12H,3-11H2,1-2H3,(H,26,27). The van der Waals surface area contributed by atoms with E-state index in [1.807, 2.05) is 0 Å². The summed E-state index contributed by atoms with van der Waals surface area (Å²) in [4.78, 5) is 23.3. The first-order valence-corrected chi connectivity index (χ1v) is 9.64. The fourth-order valence-electron chi connectivity index (χ4n) is 2.58. The summed E-state index contributed by atoms with van der Waals surface area (Å²) >= 11 is 0. The molecule has 0 atom stereocenters. The van der Waals surface area contributed by atoms with E-state index in [9.17, 15) is 31.5 Å². The van der Waals surface area contributed by atoms with Crippen LogP contribution in [-0.2, 0) is 9.59 Å². The van der Waals surface area contributed by atoms with Crippen molar-refractivity contribution >= 4 is 11.9 Å². The van der Waals surface area contributed by atoms with Crippen molar-refractivity contribution in [1.82, 2.24) is 5.32 Å². The van der Waals surface area contributed by atoms with Crippen molar-refractivity contribution in [1.29, 1.82) is 0 Å². The molecule has 0 bridgehead atoms. The van der Waals surface area contributed by atoms with Gasteiger partial charge in [0.25, 0.3) is 0 Å². The van der Waals surface area contributed by atoms with Crippen molar-refractivity contribution in [2.75, 3.05) is 6.54 Å². The molecule has 1 aromatic carbocycles. The Labute approximate surface area is 166 Å². The van der Waals surface area contributed by atoms with Crippen LogP contribution >= 0.6 is 0 Å². The fourth-order valence-corrected chi connectivity index (χ4v) is 2.58. The average Bonchev–Trinajstić information content (AvgIpc) is 2.67. The highest BCUT2D eigenvalue weighted by Gasteiger charge is 2.28. The molecule has 1 amide bonds. The molecule has 29 heavy (non-hydrogen) atoms. The number of halogens is 5. The van der Waals surface area contributed by atoms with Gasteiger partial charge in [0, 0.05) is 19.4 Å². The zero-order valence-corrected chi connectivity index (χ0v) is 16.6. The smallest absolute Gasteiger partial charge is 0.311 e. The molecule has 9 heteroatoms. The Hall–Kier alpha value is -2.19. The van der Waals surface area contributed by atoms with E-state index in [1.165, 1.54) is 6.42 Å². The fraction of sp³-hybridized carbons (Fsp3) is 0.600. The highest BCUT2D eigenvalue weighted by molar-refractivity contribution is 5.77. The number of rotatable bonds is 12. The lowest BCUT2D eigenvalue weighted by atomic mass is 10.0. The number of ether oxygens (including phenoxy) is 1. The van der Waals surface area contributed by atoms with Crippen molar-refractivity contribution < 1.29 is 36.3 Å². The Morgan fingerprint density at radius 1 is 0.793 bits per heavy atom. The van der Waals surface area contributed by atoms with Crippen LogP contribution in [0.3, 0.4) is 0 Å². The van der Waals surface area contributed by atoms with E-state index in [2.05, 4.69) is 23.9 Å². The molecular weight excluding hydrogens is 397 g/mol. The van der Waals surface area contributed by atoms with Gasteiger partial charge >= 0.3 is 5.97 Å². The van der Waals surface area contributed by atoms with Crippen LogP contribution in [0.25, 0.3) is 0 Å². The summed E-state index contributed by atoms with van der Waals surface area (Å²) in [5.74, 6) is -13.6. The first-order chi connectivity index (χ1) is 13.6. The van der Waals surface area contributed by atoms with Gasteiger partial charge in [-0.1, -0.05) is 39.5 Å². The first-order valence-electron chi connectivity index (χ1n) is 9.64. The average molecular weight is 423 g/mol. The van der Waals surface area contributed by atoms with Crippen molar-refractivity contribution in [2.24, 2.45) is 5.92 Å². The predicted molar refractivity (Wildman–Crippen MR) is 96.7 cm³/mol. The van der Waals surface area contributed by atoms with Crippen molar-refractivity contribution in [2.45, 2.75) is 65.2 Å². The molecule has 4 nitrogen and oxygen atoms in total. The predicted octanol–water partition coefficient (Wildman–Crippen LogP) is 5.18. The summed E-state index contributed by atoms with van der Waals surface area (Å²) < 4.78 is 70.2. The lowest BCUT2D eigenvalue weighted by Crippen LogP contribution is -2.24. The second-order valence-corrected chi connectivity index (χ2v) is 7.17. The van der Waals surface area contributed by atoms with Gasteiger partial charge in [0.15, 0.2) is 0 Å². The van der Waals surface area contributed by atoms with Gasteiger partial charge in [0.2, 0.25) is 40.7 Å². The number of unbranched alkanes of at least 4 members (excludes halogenated alkanes) is 3. The maximum Gasteiger partial charge on any atom is 0.311 e. The number of carbonyl (C=O) groups is 2. The van der Waals surface area contributed by atoms with Crippen molar-refractivity contribution in [3.8, 4) is 5.75 Å². The van der Waals surface area contributed by atoms with Gasteiger partial charge in [0.05, 0.1) is 0 Å². The SMILES string of the molecule is CC(C)CCCCCCNC(=O)CCCC(=O)Oc1c(F)c(F)c(F)c(F)c1F. The minimum Gasteiger partial charge on any atom is -0.420 e. The Balaban J connectivity index is 2.28. The molecule has 0 fully saturated rings. The Bertz CT molecular complexity index is 681. The van der Waals surface area contributed by atoms with Crippen LogP contribution in [0, 0.1) is 35.0 Å². The molecule has 0 aliphatic heterocycles. The van der Waals surface area contributed by atoms with E-state index in [0.717, 1.165) is 25.7 Å². The van der Waals surface area contributed by atoms with Crippen LogP contribution in [0.1, 0.15) is 65.2 Å². The maximum absolute atomic E-state index is 13.4. The molecule has 164 valence electrons. The minimum absolute atomic E-state index is 0.00839. The summed E-state index contributed by atoms with van der Waals surface area (Å²) in [6.07, 6.45) is 4.82. The molecule has 0 heterocycles. The van der Waals surface area contributed by atoms with Gasteiger partial charge in [0.1, 0.15) is 0 Å². The summed E-state index contributed by atoms with van der Waals surface area (Å²) in [6.45, 7) is 4.84. The zero-order valence-electron chi connectivity index (χ0n) is 16.6. The summed E-state index contributed by atoms with van der Waals surface area (Å²) in [5, 5.41) is 2.69. The van der Waals surface area contributed by atoms with Crippen LogP contribution in [0.4, 0.5) is 22.0 Å². The molecule has 0 aromatic heterocycles. The van der Waals surface area contributed by atoms with E-state index in [0.29, 0.717) is 12.5 Å². The molecule has 0 saturated heterocycles. The van der Waals surface area contributed by atoms with Crippen LogP contribution < -0.4 is 10.1 Å². The number of carbonyl (C=O) groups excluding carboxylic acids is 2. The van der Waals surface area contributed by atoms with Crippen LogP contribution in [0.5, 0.6) is 5.75 Å². The summed E-state index contributed by atoms with van der Waals surface area (Å²) in [6, 6.07) is 0. The molecule has 1 aromatic rings. The molecule has 0 radical (unpaired) electrons. The van der Waals surface area contributed by atoms with Crippen molar-refractivity contribution in [3.63, 3.8) is 0 Å². The van der Waals surface area contributed by atoms with Crippen LogP contribution in [0.2, 0.25) is 0 Å². The second kappa shape index (κ2) is 12.4. The number of amides is 1. The first kappa shape index (κ1) is 24.8. The molecule has 0 saturated carbocycles. The van der Waals surface area contributed by atoms with E-state index in [4.69, 9.17) is 0 Å². The van der Waals surface area contributed by atoms with E-state index in [-0.39, 0.29) is 18.7 Å². The normalized spacial score (nSPS) is 11.0. The molecule has 1 rings (SSSR count). The number of esters is 1. The highest BCUT2D eigenvalue weighted by atomic mass is 19.2.